The highest BCUT2D eigenvalue weighted by Gasteiger charge is 2.28. The van der Waals surface area contributed by atoms with Gasteiger partial charge in [-0.2, -0.15) is 0 Å². The van der Waals surface area contributed by atoms with Crippen molar-refractivity contribution >= 4 is 0 Å². The van der Waals surface area contributed by atoms with E-state index in [0.717, 1.165) is 45.3 Å². The van der Waals surface area contributed by atoms with Gasteiger partial charge < -0.3 is 10.4 Å². The third kappa shape index (κ3) is 2.08. The maximum absolute atomic E-state index is 9.05. The summed E-state index contributed by atoms with van der Waals surface area (Å²) < 4.78 is 0. The van der Waals surface area contributed by atoms with E-state index in [-0.39, 0.29) is 6.61 Å². The summed E-state index contributed by atoms with van der Waals surface area (Å²) in [6.45, 7) is 9.25. The van der Waals surface area contributed by atoms with Crippen LogP contribution >= 0.6 is 0 Å². The molecule has 0 bridgehead atoms. The van der Waals surface area contributed by atoms with E-state index in [9.17, 15) is 0 Å². The highest BCUT2D eigenvalue weighted by molar-refractivity contribution is 4.88. The first-order valence-electron chi connectivity index (χ1n) is 5.61. The molecule has 0 aromatic rings. The number of hydrogen-bond acceptors (Lipinski definition) is 4. The van der Waals surface area contributed by atoms with E-state index >= 15 is 0 Å². The fourth-order valence-corrected chi connectivity index (χ4v) is 2.19. The van der Waals surface area contributed by atoms with Gasteiger partial charge in [-0.1, -0.05) is 0 Å². The summed E-state index contributed by atoms with van der Waals surface area (Å²) in [5.74, 6) is 0. The topological polar surface area (TPSA) is 38.7 Å². The summed E-state index contributed by atoms with van der Waals surface area (Å²) in [5, 5.41) is 12.4. The molecule has 2 heterocycles. The molecular weight excluding hydrogens is 178 g/mol. The van der Waals surface area contributed by atoms with Crippen molar-refractivity contribution in [2.24, 2.45) is 0 Å². The van der Waals surface area contributed by atoms with Crippen molar-refractivity contribution in [2.75, 3.05) is 45.9 Å². The molecule has 0 spiro atoms. The molecule has 2 saturated heterocycles. The second kappa shape index (κ2) is 4.57. The largest absolute Gasteiger partial charge is 0.395 e. The number of nitrogens with one attached hydrogen (secondary N) is 1. The maximum Gasteiger partial charge on any atom is 0.0584 e. The standard InChI is InChI=1S/C10H21N3O/c1-9(8-14)12-2-4-13(5-3-12)10-6-11-7-10/h9-11,14H,2-8H2,1H3. The Morgan fingerprint density at radius 2 is 1.93 bits per heavy atom. The molecule has 0 saturated carbocycles. The number of aliphatic hydroxyl groups excluding tert-OH is 1. The van der Waals surface area contributed by atoms with Crippen LogP contribution in [-0.2, 0) is 0 Å². The second-order valence-electron chi connectivity index (χ2n) is 4.42. The Balaban J connectivity index is 1.74. The van der Waals surface area contributed by atoms with Crippen LogP contribution < -0.4 is 5.32 Å². The molecule has 2 aliphatic rings. The molecular formula is C10H21N3O. The number of rotatable bonds is 3. The minimum Gasteiger partial charge on any atom is -0.395 e. The zero-order valence-electron chi connectivity index (χ0n) is 8.95. The Labute approximate surface area is 85.9 Å². The Hall–Kier alpha value is -0.160. The molecule has 2 aliphatic heterocycles. The number of hydrogen-bond donors (Lipinski definition) is 2. The van der Waals surface area contributed by atoms with Gasteiger partial charge in [-0.15, -0.1) is 0 Å². The average Bonchev–Trinajstić information content (AvgIpc) is 2.15. The van der Waals surface area contributed by atoms with Crippen molar-refractivity contribution in [1.82, 2.24) is 15.1 Å². The van der Waals surface area contributed by atoms with Crippen LogP contribution in [0.15, 0.2) is 0 Å². The molecule has 1 atom stereocenters. The van der Waals surface area contributed by atoms with Crippen LogP contribution in [0.25, 0.3) is 0 Å². The van der Waals surface area contributed by atoms with E-state index in [0.29, 0.717) is 6.04 Å². The van der Waals surface area contributed by atoms with E-state index in [1.165, 1.54) is 0 Å². The van der Waals surface area contributed by atoms with Gasteiger partial charge in [0.2, 0.25) is 0 Å². The van der Waals surface area contributed by atoms with Crippen LogP contribution in [0.3, 0.4) is 0 Å². The van der Waals surface area contributed by atoms with E-state index in [4.69, 9.17) is 5.11 Å². The third-order valence-corrected chi connectivity index (χ3v) is 3.51. The lowest BCUT2D eigenvalue weighted by Crippen LogP contribution is -2.62. The second-order valence-corrected chi connectivity index (χ2v) is 4.42. The number of piperazine rings is 1. The molecule has 0 radical (unpaired) electrons. The summed E-state index contributed by atoms with van der Waals surface area (Å²) in [6.07, 6.45) is 0. The molecule has 14 heavy (non-hydrogen) atoms. The summed E-state index contributed by atoms with van der Waals surface area (Å²) in [5.41, 5.74) is 0. The molecule has 82 valence electrons. The first-order valence-corrected chi connectivity index (χ1v) is 5.61. The molecule has 4 nitrogen and oxygen atoms in total. The Bertz CT molecular complexity index is 163. The molecule has 2 fully saturated rings. The van der Waals surface area contributed by atoms with Gasteiger partial charge in [0.1, 0.15) is 0 Å². The minimum atomic E-state index is 0.283. The molecule has 1 unspecified atom stereocenters. The smallest absolute Gasteiger partial charge is 0.0584 e. The maximum atomic E-state index is 9.05. The summed E-state index contributed by atoms with van der Waals surface area (Å²) in [7, 11) is 0. The average molecular weight is 199 g/mol. The van der Waals surface area contributed by atoms with Crippen LogP contribution in [0.5, 0.6) is 0 Å². The Morgan fingerprint density at radius 1 is 1.29 bits per heavy atom. The first kappa shape index (κ1) is 10.4. The van der Waals surface area contributed by atoms with Crippen LogP contribution in [0.4, 0.5) is 0 Å². The van der Waals surface area contributed by atoms with Crippen LogP contribution in [-0.4, -0.2) is 72.9 Å². The van der Waals surface area contributed by atoms with Crippen molar-refractivity contribution in [3.8, 4) is 0 Å². The van der Waals surface area contributed by atoms with Crippen LogP contribution in [0.2, 0.25) is 0 Å². The molecule has 2 rings (SSSR count). The third-order valence-electron chi connectivity index (χ3n) is 3.51. The number of aliphatic hydroxyl groups is 1. The molecule has 0 aromatic carbocycles. The number of nitrogens with zero attached hydrogens (tertiary/aromatic N) is 2. The zero-order chi connectivity index (χ0) is 9.97. The predicted molar refractivity (Wildman–Crippen MR) is 56.4 cm³/mol. The molecule has 2 N–H and O–H groups in total. The molecule has 4 heteroatoms. The summed E-state index contributed by atoms with van der Waals surface area (Å²) in [4.78, 5) is 4.94. The van der Waals surface area contributed by atoms with Crippen molar-refractivity contribution in [2.45, 2.75) is 19.0 Å². The lowest BCUT2D eigenvalue weighted by molar-refractivity contribution is 0.0401. The normalized spacial score (nSPS) is 28.7. The van der Waals surface area contributed by atoms with E-state index in [1.807, 2.05) is 0 Å². The van der Waals surface area contributed by atoms with E-state index < -0.39 is 0 Å². The van der Waals surface area contributed by atoms with Gasteiger partial charge in [0.15, 0.2) is 0 Å². The monoisotopic (exact) mass is 199 g/mol. The molecule has 0 aliphatic carbocycles. The predicted octanol–water partition coefficient (Wildman–Crippen LogP) is -1.04. The lowest BCUT2D eigenvalue weighted by atomic mass is 10.1. The Morgan fingerprint density at radius 3 is 2.36 bits per heavy atom. The van der Waals surface area contributed by atoms with Crippen molar-refractivity contribution in [1.29, 1.82) is 0 Å². The Kier molecular flexibility index (Phi) is 3.38. The lowest BCUT2D eigenvalue weighted by Gasteiger charge is -2.44. The quantitative estimate of drug-likeness (QED) is 0.609. The molecule has 0 aromatic heterocycles. The van der Waals surface area contributed by atoms with Gasteiger partial charge in [-0.3, -0.25) is 9.80 Å². The summed E-state index contributed by atoms with van der Waals surface area (Å²) in [6, 6.07) is 1.11. The van der Waals surface area contributed by atoms with Crippen LogP contribution in [0, 0.1) is 0 Å². The van der Waals surface area contributed by atoms with Crippen LogP contribution in [0.1, 0.15) is 6.92 Å². The first-order chi connectivity index (χ1) is 6.81. The highest BCUT2D eigenvalue weighted by Crippen LogP contribution is 2.11. The van der Waals surface area contributed by atoms with Gasteiger partial charge in [0.05, 0.1) is 6.61 Å². The van der Waals surface area contributed by atoms with Gasteiger partial charge >= 0.3 is 0 Å². The summed E-state index contributed by atoms with van der Waals surface area (Å²) >= 11 is 0. The van der Waals surface area contributed by atoms with Crippen molar-refractivity contribution in [3.63, 3.8) is 0 Å². The molecule has 0 amide bonds. The van der Waals surface area contributed by atoms with Gasteiger partial charge in [-0.25, -0.2) is 0 Å². The van der Waals surface area contributed by atoms with Crippen molar-refractivity contribution < 1.29 is 5.11 Å². The van der Waals surface area contributed by atoms with Gasteiger partial charge in [0.25, 0.3) is 0 Å². The highest BCUT2D eigenvalue weighted by atomic mass is 16.3. The minimum absolute atomic E-state index is 0.283. The van der Waals surface area contributed by atoms with E-state index in [2.05, 4.69) is 22.0 Å². The SMILES string of the molecule is CC(CO)N1CCN(C2CNC2)CC1. The fraction of sp³-hybridized carbons (Fsp3) is 1.00. The van der Waals surface area contributed by atoms with E-state index in [1.54, 1.807) is 0 Å². The van der Waals surface area contributed by atoms with Gasteiger partial charge in [-0.05, 0) is 6.92 Å². The fourth-order valence-electron chi connectivity index (χ4n) is 2.19. The zero-order valence-corrected chi connectivity index (χ0v) is 8.95. The van der Waals surface area contributed by atoms with Gasteiger partial charge in [0, 0.05) is 51.4 Å². The van der Waals surface area contributed by atoms with Crippen molar-refractivity contribution in [3.05, 3.63) is 0 Å².